The van der Waals surface area contributed by atoms with Gasteiger partial charge in [-0.3, -0.25) is 0 Å². The van der Waals surface area contributed by atoms with Gasteiger partial charge < -0.3 is 13.7 Å². The van der Waals surface area contributed by atoms with Crippen molar-refractivity contribution in [3.8, 4) is 28.3 Å². The summed E-state index contributed by atoms with van der Waals surface area (Å²) in [5.41, 5.74) is 11.7. The summed E-state index contributed by atoms with van der Waals surface area (Å²) in [5.74, 6) is 0. The van der Waals surface area contributed by atoms with Gasteiger partial charge in [-0.1, -0.05) is 72.8 Å². The zero-order chi connectivity index (χ0) is 31.3. The van der Waals surface area contributed by atoms with Gasteiger partial charge in [-0.15, -0.1) is 0 Å². The number of nitriles is 1. The van der Waals surface area contributed by atoms with Gasteiger partial charge in [0.1, 0.15) is 22.3 Å². The molecule has 0 atom stereocenters. The third-order valence-corrected chi connectivity index (χ3v) is 8.93. The van der Waals surface area contributed by atoms with Crippen LogP contribution < -0.4 is 4.90 Å². The van der Waals surface area contributed by atoms with Crippen LogP contribution in [0, 0.1) is 11.3 Å². The fourth-order valence-corrected chi connectivity index (χ4v) is 6.55. The van der Waals surface area contributed by atoms with E-state index in [9.17, 15) is 5.26 Å². The SMILES string of the molecule is N#Cc1ccc(N(c2ccc(-c3ccc4oc5ccccc5c4c3)cc2)c2ccc(-c3ccc4oc5ccccc5c4c3)cc2)cc1. The monoisotopic (exact) mass is 602 g/mol. The van der Waals surface area contributed by atoms with Gasteiger partial charge in [-0.25, -0.2) is 0 Å². The molecule has 0 saturated heterocycles. The molecule has 2 aromatic heterocycles. The van der Waals surface area contributed by atoms with Crippen molar-refractivity contribution in [2.75, 3.05) is 4.90 Å². The van der Waals surface area contributed by atoms with E-state index >= 15 is 0 Å². The first kappa shape index (κ1) is 26.8. The first-order valence-corrected chi connectivity index (χ1v) is 15.6. The number of furan rings is 2. The molecule has 0 unspecified atom stereocenters. The number of rotatable bonds is 5. The lowest BCUT2D eigenvalue weighted by molar-refractivity contribution is 0.668. The van der Waals surface area contributed by atoms with Crippen molar-refractivity contribution in [2.45, 2.75) is 0 Å². The topological polar surface area (TPSA) is 53.3 Å². The largest absolute Gasteiger partial charge is 0.456 e. The fourth-order valence-electron chi connectivity index (χ4n) is 6.55. The van der Waals surface area contributed by atoms with E-state index in [1.165, 1.54) is 0 Å². The average molecular weight is 603 g/mol. The smallest absolute Gasteiger partial charge is 0.135 e. The third kappa shape index (κ3) is 4.61. The highest BCUT2D eigenvalue weighted by Crippen LogP contribution is 2.39. The summed E-state index contributed by atoms with van der Waals surface area (Å²) in [4.78, 5) is 2.22. The summed E-state index contributed by atoms with van der Waals surface area (Å²) in [5, 5.41) is 13.9. The molecule has 0 saturated carbocycles. The zero-order valence-corrected chi connectivity index (χ0v) is 25.2. The van der Waals surface area contributed by atoms with Crippen LogP contribution >= 0.6 is 0 Å². The number of benzene rings is 7. The molecule has 0 amide bonds. The van der Waals surface area contributed by atoms with E-state index < -0.39 is 0 Å². The second-order valence-electron chi connectivity index (χ2n) is 11.7. The van der Waals surface area contributed by atoms with Crippen molar-refractivity contribution >= 4 is 60.9 Å². The number of anilines is 3. The molecule has 9 rings (SSSR count). The van der Waals surface area contributed by atoms with Crippen LogP contribution in [0.5, 0.6) is 0 Å². The van der Waals surface area contributed by atoms with Crippen molar-refractivity contribution in [3.63, 3.8) is 0 Å². The Bertz CT molecular complexity index is 2460. The van der Waals surface area contributed by atoms with Crippen LogP contribution in [0.1, 0.15) is 5.56 Å². The van der Waals surface area contributed by atoms with Gasteiger partial charge in [-0.2, -0.15) is 5.26 Å². The molecule has 9 aromatic rings. The Morgan fingerprint density at radius 2 is 0.766 bits per heavy atom. The van der Waals surface area contributed by atoms with Crippen LogP contribution in [0.4, 0.5) is 17.1 Å². The summed E-state index contributed by atoms with van der Waals surface area (Å²) in [6.45, 7) is 0. The number of fused-ring (bicyclic) bond motifs is 6. The maximum atomic E-state index is 9.42. The third-order valence-electron chi connectivity index (χ3n) is 8.93. The van der Waals surface area contributed by atoms with Gasteiger partial charge in [-0.05, 0) is 107 Å². The van der Waals surface area contributed by atoms with Gasteiger partial charge in [0.2, 0.25) is 0 Å². The van der Waals surface area contributed by atoms with E-state index in [1.54, 1.807) is 0 Å². The molecule has 4 heteroatoms. The van der Waals surface area contributed by atoms with Crippen LogP contribution in [-0.4, -0.2) is 0 Å². The van der Waals surface area contributed by atoms with E-state index in [1.807, 2.05) is 60.7 Å². The second kappa shape index (κ2) is 10.8. The van der Waals surface area contributed by atoms with E-state index in [0.717, 1.165) is 83.2 Å². The zero-order valence-electron chi connectivity index (χ0n) is 25.2. The van der Waals surface area contributed by atoms with Crippen LogP contribution in [0.25, 0.3) is 66.1 Å². The highest BCUT2D eigenvalue weighted by Gasteiger charge is 2.15. The number of nitrogens with zero attached hydrogens (tertiary/aromatic N) is 2. The lowest BCUT2D eigenvalue weighted by Gasteiger charge is -2.26. The maximum absolute atomic E-state index is 9.42. The minimum Gasteiger partial charge on any atom is -0.456 e. The van der Waals surface area contributed by atoms with Gasteiger partial charge in [0.05, 0.1) is 11.6 Å². The van der Waals surface area contributed by atoms with E-state index in [-0.39, 0.29) is 0 Å². The summed E-state index contributed by atoms with van der Waals surface area (Å²) in [6, 6.07) is 56.2. The Kier molecular flexibility index (Phi) is 6.16. The fraction of sp³-hybridized carbons (Fsp3) is 0. The summed E-state index contributed by atoms with van der Waals surface area (Å²) < 4.78 is 12.1. The minimum atomic E-state index is 0.628. The number of hydrogen-bond donors (Lipinski definition) is 0. The number of para-hydroxylation sites is 2. The van der Waals surface area contributed by atoms with Crippen molar-refractivity contribution in [3.05, 3.63) is 163 Å². The normalized spacial score (nSPS) is 11.4. The first-order valence-electron chi connectivity index (χ1n) is 15.6. The van der Waals surface area contributed by atoms with Crippen molar-refractivity contribution < 1.29 is 8.83 Å². The van der Waals surface area contributed by atoms with Crippen molar-refractivity contribution in [1.29, 1.82) is 5.26 Å². The van der Waals surface area contributed by atoms with Crippen LogP contribution in [-0.2, 0) is 0 Å². The molecular weight excluding hydrogens is 576 g/mol. The van der Waals surface area contributed by atoms with Crippen molar-refractivity contribution in [1.82, 2.24) is 0 Å². The molecule has 220 valence electrons. The van der Waals surface area contributed by atoms with E-state index in [0.29, 0.717) is 5.56 Å². The summed E-state index contributed by atoms with van der Waals surface area (Å²) >= 11 is 0. The molecule has 7 aromatic carbocycles. The molecule has 0 fully saturated rings. The summed E-state index contributed by atoms with van der Waals surface area (Å²) in [7, 11) is 0. The Balaban J connectivity index is 1.08. The standard InChI is InChI=1S/C43H26N2O2/c44-27-28-9-17-33(18-10-28)45(34-19-11-29(12-20-34)31-15-23-42-38(25-31)36-5-1-3-7-40(36)46-42)35-21-13-30(14-22-35)32-16-24-43-39(26-32)37-6-2-4-8-41(37)47-43/h1-26H. The molecule has 0 spiro atoms. The predicted octanol–water partition coefficient (Wildman–Crippen LogP) is 12.2. The summed E-state index contributed by atoms with van der Waals surface area (Å²) in [6.07, 6.45) is 0. The second-order valence-corrected chi connectivity index (χ2v) is 11.7. The molecule has 4 nitrogen and oxygen atoms in total. The molecule has 2 heterocycles. The van der Waals surface area contributed by atoms with Crippen LogP contribution in [0.3, 0.4) is 0 Å². The highest BCUT2D eigenvalue weighted by atomic mass is 16.3. The van der Waals surface area contributed by atoms with Gasteiger partial charge in [0.25, 0.3) is 0 Å². The Labute approximate surface area is 270 Å². The predicted molar refractivity (Wildman–Crippen MR) is 191 cm³/mol. The molecule has 0 aliphatic rings. The van der Waals surface area contributed by atoms with Crippen molar-refractivity contribution in [2.24, 2.45) is 0 Å². The molecule has 47 heavy (non-hydrogen) atoms. The molecular formula is C43H26N2O2. The van der Waals surface area contributed by atoms with Gasteiger partial charge >= 0.3 is 0 Å². The van der Waals surface area contributed by atoms with E-state index in [4.69, 9.17) is 8.83 Å². The molecule has 0 bridgehead atoms. The maximum Gasteiger partial charge on any atom is 0.135 e. The highest BCUT2D eigenvalue weighted by molar-refractivity contribution is 6.07. The molecule has 0 aliphatic carbocycles. The Morgan fingerprint density at radius 1 is 0.383 bits per heavy atom. The van der Waals surface area contributed by atoms with Gasteiger partial charge in [0.15, 0.2) is 0 Å². The first-order chi connectivity index (χ1) is 23.2. The Hall–Kier alpha value is -6.57. The minimum absolute atomic E-state index is 0.628. The number of hydrogen-bond acceptors (Lipinski definition) is 4. The quantitative estimate of drug-likeness (QED) is 0.197. The van der Waals surface area contributed by atoms with E-state index in [2.05, 4.69) is 108 Å². The van der Waals surface area contributed by atoms with Crippen LogP contribution in [0.2, 0.25) is 0 Å². The lowest BCUT2D eigenvalue weighted by Crippen LogP contribution is -2.09. The molecule has 0 aliphatic heterocycles. The van der Waals surface area contributed by atoms with Gasteiger partial charge in [0, 0.05) is 38.6 Å². The molecule has 0 radical (unpaired) electrons. The Morgan fingerprint density at radius 3 is 1.21 bits per heavy atom. The average Bonchev–Trinajstić information content (AvgIpc) is 3.70. The van der Waals surface area contributed by atoms with Crippen LogP contribution in [0.15, 0.2) is 167 Å². The molecule has 0 N–H and O–H groups in total. The lowest BCUT2D eigenvalue weighted by atomic mass is 10.0.